The van der Waals surface area contributed by atoms with Gasteiger partial charge in [-0.1, -0.05) is 0 Å². The molecule has 0 aromatic carbocycles. The summed E-state index contributed by atoms with van der Waals surface area (Å²) in [4.78, 5) is 26.7. The average molecular weight is 382 g/mol. The molecule has 0 atom stereocenters. The zero-order valence-electron chi connectivity index (χ0n) is 16.3. The maximum absolute atomic E-state index is 12.6. The number of piperidine rings is 1. The predicted octanol–water partition coefficient (Wildman–Crippen LogP) is 1.46. The topological polar surface area (TPSA) is 87.2 Å². The van der Waals surface area contributed by atoms with Gasteiger partial charge in [0, 0.05) is 43.4 Å². The SMILES string of the molecule is Cc1nc(N2CCOCC2)c2c(n1)C1(CC2)CCN(C(=O)c2cn[nH]c2)CC1. The largest absolute Gasteiger partial charge is 0.378 e. The summed E-state index contributed by atoms with van der Waals surface area (Å²) >= 11 is 0. The molecule has 3 aliphatic rings. The highest BCUT2D eigenvalue weighted by Crippen LogP contribution is 2.47. The lowest BCUT2D eigenvalue weighted by Crippen LogP contribution is -2.44. The zero-order valence-corrected chi connectivity index (χ0v) is 16.3. The molecule has 2 aromatic rings. The Labute approximate surface area is 164 Å². The molecular weight excluding hydrogens is 356 g/mol. The fourth-order valence-electron chi connectivity index (χ4n) is 4.94. The third-order valence-corrected chi connectivity index (χ3v) is 6.52. The summed E-state index contributed by atoms with van der Waals surface area (Å²) in [5, 5.41) is 6.63. The number of carbonyl (C=O) groups is 1. The predicted molar refractivity (Wildman–Crippen MR) is 104 cm³/mol. The molecule has 5 rings (SSSR count). The van der Waals surface area contributed by atoms with Crippen LogP contribution in [0.1, 0.15) is 46.7 Å². The van der Waals surface area contributed by atoms with Gasteiger partial charge in [-0.3, -0.25) is 9.89 Å². The molecule has 2 fully saturated rings. The van der Waals surface area contributed by atoms with Crippen molar-refractivity contribution in [3.63, 3.8) is 0 Å². The first-order valence-corrected chi connectivity index (χ1v) is 10.2. The lowest BCUT2D eigenvalue weighted by Gasteiger charge is -2.39. The molecule has 148 valence electrons. The van der Waals surface area contributed by atoms with E-state index in [0.29, 0.717) is 5.56 Å². The Bertz CT molecular complexity index is 867. The Morgan fingerprint density at radius 2 is 1.93 bits per heavy atom. The molecule has 2 saturated heterocycles. The van der Waals surface area contributed by atoms with Crippen LogP contribution in [0.5, 0.6) is 0 Å². The van der Waals surface area contributed by atoms with Gasteiger partial charge in [0.15, 0.2) is 0 Å². The van der Waals surface area contributed by atoms with Gasteiger partial charge in [-0.25, -0.2) is 9.97 Å². The van der Waals surface area contributed by atoms with Crippen molar-refractivity contribution in [3.05, 3.63) is 35.0 Å². The molecule has 0 unspecified atom stereocenters. The van der Waals surface area contributed by atoms with Gasteiger partial charge < -0.3 is 14.5 Å². The minimum absolute atomic E-state index is 0.0645. The number of morpholine rings is 1. The first kappa shape index (κ1) is 17.6. The third-order valence-electron chi connectivity index (χ3n) is 6.52. The zero-order chi connectivity index (χ0) is 19.1. The van der Waals surface area contributed by atoms with E-state index in [0.717, 1.165) is 76.7 Å². The fraction of sp³-hybridized carbons (Fsp3) is 0.600. The summed E-state index contributed by atoms with van der Waals surface area (Å²) < 4.78 is 5.52. The van der Waals surface area contributed by atoms with Gasteiger partial charge in [-0.15, -0.1) is 0 Å². The van der Waals surface area contributed by atoms with E-state index in [9.17, 15) is 4.79 Å². The van der Waals surface area contributed by atoms with E-state index in [1.165, 1.54) is 11.3 Å². The number of hydrogen-bond donors (Lipinski definition) is 1. The molecule has 2 aliphatic heterocycles. The lowest BCUT2D eigenvalue weighted by molar-refractivity contribution is 0.0663. The molecule has 1 amide bonds. The van der Waals surface area contributed by atoms with Gasteiger partial charge in [0.1, 0.15) is 11.6 Å². The smallest absolute Gasteiger partial charge is 0.257 e. The number of likely N-dealkylation sites (tertiary alicyclic amines) is 1. The standard InChI is InChI=1S/C20H26N6O2/c1-14-23-17-16(18(24-14)25-8-10-28-11-9-25)2-3-20(17)4-6-26(7-5-20)19(27)15-12-21-22-13-15/h12-13H,2-11H2,1H3,(H,21,22). The van der Waals surface area contributed by atoms with E-state index in [1.807, 2.05) is 11.8 Å². The van der Waals surface area contributed by atoms with Crippen LogP contribution in [0.15, 0.2) is 12.4 Å². The Morgan fingerprint density at radius 1 is 1.14 bits per heavy atom. The highest BCUT2D eigenvalue weighted by molar-refractivity contribution is 5.93. The molecule has 1 aliphatic carbocycles. The molecule has 1 N–H and O–H groups in total. The van der Waals surface area contributed by atoms with Crippen LogP contribution in [0, 0.1) is 6.92 Å². The molecule has 28 heavy (non-hydrogen) atoms. The summed E-state index contributed by atoms with van der Waals surface area (Å²) in [6, 6.07) is 0. The first-order valence-electron chi connectivity index (χ1n) is 10.2. The maximum atomic E-state index is 12.6. The maximum Gasteiger partial charge on any atom is 0.257 e. The quantitative estimate of drug-likeness (QED) is 0.846. The van der Waals surface area contributed by atoms with Gasteiger partial charge in [0.25, 0.3) is 5.91 Å². The second kappa shape index (κ2) is 6.84. The molecule has 8 nitrogen and oxygen atoms in total. The monoisotopic (exact) mass is 382 g/mol. The molecule has 0 bridgehead atoms. The van der Waals surface area contributed by atoms with Crippen LogP contribution in [-0.2, 0) is 16.6 Å². The van der Waals surface area contributed by atoms with Crippen LogP contribution >= 0.6 is 0 Å². The van der Waals surface area contributed by atoms with Crippen molar-refractivity contribution in [1.29, 1.82) is 0 Å². The van der Waals surface area contributed by atoms with Crippen LogP contribution in [0.4, 0.5) is 5.82 Å². The number of nitrogens with zero attached hydrogens (tertiary/aromatic N) is 5. The number of aryl methyl sites for hydroxylation is 1. The number of carbonyl (C=O) groups excluding carboxylic acids is 1. The summed E-state index contributed by atoms with van der Waals surface area (Å²) in [6.45, 7) is 6.82. The molecule has 2 aromatic heterocycles. The Balaban J connectivity index is 1.39. The normalized spacial score (nSPS) is 21.2. The van der Waals surface area contributed by atoms with E-state index < -0.39 is 0 Å². The van der Waals surface area contributed by atoms with Crippen molar-refractivity contribution < 1.29 is 9.53 Å². The van der Waals surface area contributed by atoms with E-state index >= 15 is 0 Å². The van der Waals surface area contributed by atoms with Gasteiger partial charge in [-0.2, -0.15) is 5.10 Å². The molecule has 1 spiro atoms. The number of amides is 1. The first-order chi connectivity index (χ1) is 13.7. The Kier molecular flexibility index (Phi) is 4.30. The number of ether oxygens (including phenoxy) is 1. The highest BCUT2D eigenvalue weighted by Gasteiger charge is 2.45. The van der Waals surface area contributed by atoms with Crippen LogP contribution < -0.4 is 4.90 Å². The minimum atomic E-state index is 0.0645. The van der Waals surface area contributed by atoms with E-state index in [-0.39, 0.29) is 11.3 Å². The second-order valence-corrected chi connectivity index (χ2v) is 8.08. The lowest BCUT2D eigenvalue weighted by atomic mass is 9.76. The van der Waals surface area contributed by atoms with Crippen molar-refractivity contribution in [3.8, 4) is 0 Å². The average Bonchev–Trinajstić information content (AvgIpc) is 3.38. The molecule has 8 heteroatoms. The number of hydrogen-bond acceptors (Lipinski definition) is 6. The van der Waals surface area contributed by atoms with Crippen LogP contribution in [0.25, 0.3) is 0 Å². The van der Waals surface area contributed by atoms with Crippen molar-refractivity contribution >= 4 is 11.7 Å². The van der Waals surface area contributed by atoms with Gasteiger partial charge in [-0.05, 0) is 32.6 Å². The number of rotatable bonds is 2. The minimum Gasteiger partial charge on any atom is -0.378 e. The Hall–Kier alpha value is -2.48. The van der Waals surface area contributed by atoms with E-state index in [1.54, 1.807) is 12.4 Å². The number of H-pyrrole nitrogens is 1. The Morgan fingerprint density at radius 3 is 2.64 bits per heavy atom. The number of anilines is 1. The third kappa shape index (κ3) is 2.87. The van der Waals surface area contributed by atoms with Crippen LogP contribution in [0.2, 0.25) is 0 Å². The molecule has 0 radical (unpaired) electrons. The second-order valence-electron chi connectivity index (χ2n) is 8.08. The number of aromatic nitrogens is 4. The van der Waals surface area contributed by atoms with Gasteiger partial charge in [0.05, 0.1) is 30.7 Å². The summed E-state index contributed by atoms with van der Waals surface area (Å²) in [5.74, 6) is 2.02. The van der Waals surface area contributed by atoms with Crippen LogP contribution in [-0.4, -0.2) is 70.4 Å². The van der Waals surface area contributed by atoms with Gasteiger partial charge in [0.2, 0.25) is 0 Å². The number of aromatic amines is 1. The molecule has 4 heterocycles. The fourth-order valence-corrected chi connectivity index (χ4v) is 4.94. The summed E-state index contributed by atoms with van der Waals surface area (Å²) in [7, 11) is 0. The molecular formula is C20H26N6O2. The number of fused-ring (bicyclic) bond motifs is 2. The van der Waals surface area contributed by atoms with Crippen LogP contribution in [0.3, 0.4) is 0 Å². The molecule has 0 saturated carbocycles. The van der Waals surface area contributed by atoms with E-state index in [2.05, 4.69) is 15.1 Å². The summed E-state index contributed by atoms with van der Waals surface area (Å²) in [6.07, 6.45) is 7.32. The summed E-state index contributed by atoms with van der Waals surface area (Å²) in [5.41, 5.74) is 3.27. The van der Waals surface area contributed by atoms with Crippen molar-refractivity contribution in [2.24, 2.45) is 0 Å². The highest BCUT2D eigenvalue weighted by atomic mass is 16.5. The van der Waals surface area contributed by atoms with Gasteiger partial charge >= 0.3 is 0 Å². The number of nitrogens with one attached hydrogen (secondary N) is 1. The van der Waals surface area contributed by atoms with Crippen molar-refractivity contribution in [1.82, 2.24) is 25.1 Å². The van der Waals surface area contributed by atoms with Crippen molar-refractivity contribution in [2.75, 3.05) is 44.3 Å². The van der Waals surface area contributed by atoms with E-state index in [4.69, 9.17) is 14.7 Å². The van der Waals surface area contributed by atoms with Crippen molar-refractivity contribution in [2.45, 2.75) is 38.0 Å².